The maximum absolute atomic E-state index is 11.7. The van der Waals surface area contributed by atoms with Gasteiger partial charge in [0.2, 0.25) is 0 Å². The highest BCUT2D eigenvalue weighted by molar-refractivity contribution is 7.99. The first kappa shape index (κ1) is 12.7. The van der Waals surface area contributed by atoms with Crippen LogP contribution >= 0.6 is 23.1 Å². The predicted octanol–water partition coefficient (Wildman–Crippen LogP) is 2.61. The molecule has 2 nitrogen and oxygen atoms in total. The second-order valence-electron chi connectivity index (χ2n) is 3.17. The quantitative estimate of drug-likeness (QED) is 0.592. The molecule has 0 bridgehead atoms. The van der Waals surface area contributed by atoms with Crippen molar-refractivity contribution in [2.75, 3.05) is 18.1 Å². The molecule has 84 valence electrons. The molecule has 0 aliphatic rings. The van der Waals surface area contributed by atoms with E-state index in [2.05, 4.69) is 6.92 Å². The van der Waals surface area contributed by atoms with Crippen LogP contribution in [0.4, 0.5) is 0 Å². The number of thiophene rings is 1. The Hall–Kier alpha value is -0.320. The minimum absolute atomic E-state index is 0.209. The van der Waals surface area contributed by atoms with Crippen molar-refractivity contribution in [1.82, 2.24) is 0 Å². The molecule has 1 rings (SSSR count). The van der Waals surface area contributed by atoms with Gasteiger partial charge in [-0.3, -0.25) is 4.79 Å². The molecule has 1 aromatic rings. The van der Waals surface area contributed by atoms with Gasteiger partial charge in [-0.25, -0.2) is 0 Å². The summed E-state index contributed by atoms with van der Waals surface area (Å²) in [5.74, 6) is 1.60. The Morgan fingerprint density at radius 2 is 2.33 bits per heavy atom. The molecule has 15 heavy (non-hydrogen) atoms. The summed E-state index contributed by atoms with van der Waals surface area (Å²) in [6, 6.07) is 3.94. The van der Waals surface area contributed by atoms with Crippen molar-refractivity contribution in [3.63, 3.8) is 0 Å². The van der Waals surface area contributed by atoms with E-state index < -0.39 is 0 Å². The average Bonchev–Trinajstić information content (AvgIpc) is 2.72. The second kappa shape index (κ2) is 7.04. The Bertz CT molecular complexity index is 307. The zero-order valence-corrected chi connectivity index (χ0v) is 10.5. The van der Waals surface area contributed by atoms with Crippen molar-refractivity contribution in [3.8, 4) is 0 Å². The van der Waals surface area contributed by atoms with Crippen LogP contribution in [0.25, 0.3) is 0 Å². The average molecular weight is 244 g/mol. The van der Waals surface area contributed by atoms with Crippen LogP contribution in [0.1, 0.15) is 27.9 Å². The molecule has 0 fully saturated rings. The number of rotatable bonds is 7. The number of hydrogen-bond donors (Lipinski definition) is 1. The van der Waals surface area contributed by atoms with Gasteiger partial charge in [-0.1, -0.05) is 6.92 Å². The van der Waals surface area contributed by atoms with Crippen LogP contribution in [0.2, 0.25) is 0 Å². The van der Waals surface area contributed by atoms with E-state index in [0.29, 0.717) is 5.75 Å². The number of aryl methyl sites for hydroxylation is 1. The molecule has 0 aromatic carbocycles. The monoisotopic (exact) mass is 244 g/mol. The first-order valence-electron chi connectivity index (χ1n) is 5.08. The topological polar surface area (TPSA) is 37.3 Å². The van der Waals surface area contributed by atoms with E-state index in [1.807, 2.05) is 12.1 Å². The van der Waals surface area contributed by atoms with Crippen molar-refractivity contribution >= 4 is 28.9 Å². The van der Waals surface area contributed by atoms with E-state index in [1.54, 1.807) is 23.1 Å². The zero-order chi connectivity index (χ0) is 11.1. The van der Waals surface area contributed by atoms with Gasteiger partial charge in [-0.05, 0) is 30.7 Å². The third-order valence-electron chi connectivity index (χ3n) is 1.96. The summed E-state index contributed by atoms with van der Waals surface area (Å²) in [4.78, 5) is 13.8. The molecular weight excluding hydrogens is 228 g/mol. The van der Waals surface area contributed by atoms with Gasteiger partial charge in [-0.2, -0.15) is 11.8 Å². The highest BCUT2D eigenvalue weighted by Crippen LogP contribution is 2.19. The van der Waals surface area contributed by atoms with E-state index in [4.69, 9.17) is 5.11 Å². The standard InChI is InChI=1S/C11H16O2S2/c1-2-9-4-5-11(15-9)10(13)8-14-7-3-6-12/h4-5,12H,2-3,6-8H2,1H3. The van der Waals surface area contributed by atoms with Gasteiger partial charge in [0.05, 0.1) is 10.6 Å². The smallest absolute Gasteiger partial charge is 0.182 e. The fourth-order valence-corrected chi connectivity index (χ4v) is 2.92. The van der Waals surface area contributed by atoms with Gasteiger partial charge in [0.1, 0.15) is 0 Å². The SMILES string of the molecule is CCc1ccc(C(=O)CSCCCO)s1. The minimum Gasteiger partial charge on any atom is -0.396 e. The molecule has 0 unspecified atom stereocenters. The van der Waals surface area contributed by atoms with Gasteiger partial charge >= 0.3 is 0 Å². The lowest BCUT2D eigenvalue weighted by Crippen LogP contribution is -2.00. The van der Waals surface area contributed by atoms with Gasteiger partial charge in [0.25, 0.3) is 0 Å². The molecule has 0 aliphatic carbocycles. The largest absolute Gasteiger partial charge is 0.396 e. The molecule has 0 amide bonds. The van der Waals surface area contributed by atoms with E-state index in [1.165, 1.54) is 4.88 Å². The lowest BCUT2D eigenvalue weighted by molar-refractivity contribution is 0.102. The van der Waals surface area contributed by atoms with Gasteiger partial charge in [0.15, 0.2) is 5.78 Å². The molecule has 0 radical (unpaired) electrons. The number of carbonyl (C=O) groups excluding carboxylic acids is 1. The van der Waals surface area contributed by atoms with Gasteiger partial charge in [-0.15, -0.1) is 11.3 Å². The molecule has 1 heterocycles. The highest BCUT2D eigenvalue weighted by atomic mass is 32.2. The van der Waals surface area contributed by atoms with Crippen molar-refractivity contribution < 1.29 is 9.90 Å². The fraction of sp³-hybridized carbons (Fsp3) is 0.545. The Morgan fingerprint density at radius 1 is 1.53 bits per heavy atom. The first-order valence-corrected chi connectivity index (χ1v) is 7.05. The Labute approximate surface area is 98.7 Å². The number of ketones is 1. The molecule has 0 saturated carbocycles. The summed E-state index contributed by atoms with van der Waals surface area (Å²) in [6.07, 6.45) is 1.76. The summed E-state index contributed by atoms with van der Waals surface area (Å²) in [5, 5.41) is 8.59. The van der Waals surface area contributed by atoms with E-state index in [0.717, 1.165) is 23.5 Å². The van der Waals surface area contributed by atoms with Crippen LogP contribution in [0.5, 0.6) is 0 Å². The van der Waals surface area contributed by atoms with E-state index in [-0.39, 0.29) is 12.4 Å². The highest BCUT2D eigenvalue weighted by Gasteiger charge is 2.08. The summed E-state index contributed by atoms with van der Waals surface area (Å²) in [5.41, 5.74) is 0. The number of Topliss-reactive ketones (excluding diaryl/α,β-unsaturated/α-hetero) is 1. The molecule has 4 heteroatoms. The van der Waals surface area contributed by atoms with Crippen LogP contribution in [-0.4, -0.2) is 29.0 Å². The molecule has 0 spiro atoms. The van der Waals surface area contributed by atoms with Crippen molar-refractivity contribution in [3.05, 3.63) is 21.9 Å². The van der Waals surface area contributed by atoms with Crippen LogP contribution in [0, 0.1) is 0 Å². The summed E-state index contributed by atoms with van der Waals surface area (Å²) >= 11 is 3.19. The number of thioether (sulfide) groups is 1. The summed E-state index contributed by atoms with van der Waals surface area (Å²) in [7, 11) is 0. The Morgan fingerprint density at radius 3 is 2.93 bits per heavy atom. The number of carbonyl (C=O) groups is 1. The second-order valence-corrected chi connectivity index (χ2v) is 5.45. The summed E-state index contributed by atoms with van der Waals surface area (Å²) in [6.45, 7) is 2.30. The Kier molecular flexibility index (Phi) is 5.98. The molecule has 0 atom stereocenters. The third-order valence-corrected chi connectivity index (χ3v) is 4.28. The van der Waals surface area contributed by atoms with Crippen LogP contribution < -0.4 is 0 Å². The van der Waals surface area contributed by atoms with Gasteiger partial charge < -0.3 is 5.11 Å². The maximum atomic E-state index is 11.7. The van der Waals surface area contributed by atoms with Crippen LogP contribution in [-0.2, 0) is 6.42 Å². The van der Waals surface area contributed by atoms with E-state index in [9.17, 15) is 4.79 Å². The normalized spacial score (nSPS) is 10.5. The van der Waals surface area contributed by atoms with Crippen molar-refractivity contribution in [1.29, 1.82) is 0 Å². The Balaban J connectivity index is 2.33. The molecule has 1 aromatic heterocycles. The maximum Gasteiger partial charge on any atom is 0.182 e. The number of hydrogen-bond acceptors (Lipinski definition) is 4. The zero-order valence-electron chi connectivity index (χ0n) is 8.86. The van der Waals surface area contributed by atoms with Crippen LogP contribution in [0.15, 0.2) is 12.1 Å². The van der Waals surface area contributed by atoms with Crippen molar-refractivity contribution in [2.45, 2.75) is 19.8 Å². The summed E-state index contributed by atoms with van der Waals surface area (Å²) < 4.78 is 0. The molecular formula is C11H16O2S2. The predicted molar refractivity (Wildman–Crippen MR) is 67.1 cm³/mol. The molecule has 1 N–H and O–H groups in total. The van der Waals surface area contributed by atoms with Gasteiger partial charge in [0, 0.05) is 11.5 Å². The van der Waals surface area contributed by atoms with Crippen LogP contribution in [0.3, 0.4) is 0 Å². The fourth-order valence-electron chi connectivity index (χ4n) is 1.12. The number of aliphatic hydroxyl groups is 1. The molecule has 0 saturated heterocycles. The lowest BCUT2D eigenvalue weighted by atomic mass is 10.3. The van der Waals surface area contributed by atoms with E-state index >= 15 is 0 Å². The third kappa shape index (κ3) is 4.36. The first-order chi connectivity index (χ1) is 7.27. The lowest BCUT2D eigenvalue weighted by Gasteiger charge is -1.97. The minimum atomic E-state index is 0.209. The van der Waals surface area contributed by atoms with Crippen molar-refractivity contribution in [2.24, 2.45) is 0 Å². The number of aliphatic hydroxyl groups excluding tert-OH is 1. The molecule has 0 aliphatic heterocycles.